The summed E-state index contributed by atoms with van der Waals surface area (Å²) in [6.45, 7) is 22.8. The van der Waals surface area contributed by atoms with Crippen molar-refractivity contribution in [3.8, 4) is 0 Å². The maximum absolute atomic E-state index is 5.63. The second kappa shape index (κ2) is 8.50. The van der Waals surface area contributed by atoms with Crippen molar-refractivity contribution in [1.82, 2.24) is 0 Å². The largest absolute Gasteiger partial charge is 0.640 e. The summed E-state index contributed by atoms with van der Waals surface area (Å²) in [5, 5.41) is 0. The van der Waals surface area contributed by atoms with Crippen LogP contribution in [0.4, 0.5) is 0 Å². The van der Waals surface area contributed by atoms with Crippen LogP contribution >= 0.6 is 0 Å². The van der Waals surface area contributed by atoms with E-state index in [1.54, 1.807) is 0 Å². The van der Waals surface area contributed by atoms with Crippen molar-refractivity contribution >= 4 is 14.6 Å². The van der Waals surface area contributed by atoms with Crippen molar-refractivity contribution < 1.29 is 27.9 Å². The first-order valence-corrected chi connectivity index (χ1v) is 9.62. The molecule has 6 nitrogen and oxygen atoms in total. The fraction of sp³-hybridized carbons (Fsp3) is 1.00. The lowest BCUT2D eigenvalue weighted by atomic mass is 9.90. The summed E-state index contributed by atoms with van der Waals surface area (Å²) in [5.41, 5.74) is -1.17. The summed E-state index contributed by atoms with van der Waals surface area (Å²) >= 11 is 0. The van der Waals surface area contributed by atoms with E-state index >= 15 is 0 Å². The highest BCUT2D eigenvalue weighted by molar-refractivity contribution is 6.38. The fourth-order valence-corrected chi connectivity index (χ4v) is 2.14. The van der Waals surface area contributed by atoms with E-state index in [9.17, 15) is 0 Å². The Hall–Kier alpha value is -0.110. The smallest absolute Gasteiger partial charge is 0.386 e. The van der Waals surface area contributed by atoms with Crippen molar-refractivity contribution in [2.45, 2.75) is 111 Å². The zero-order valence-corrected chi connectivity index (χ0v) is 18.6. The molecule has 8 heteroatoms. The van der Waals surface area contributed by atoms with Crippen LogP contribution in [-0.4, -0.2) is 49.8 Å². The molecule has 0 aromatic carbocycles. The van der Waals surface area contributed by atoms with E-state index in [1.807, 2.05) is 69.2 Å². The molecule has 0 aromatic rings. The average Bonchev–Trinajstić information content (AvgIpc) is 2.75. The third-order valence-corrected chi connectivity index (χ3v) is 5.30. The molecular formula is C18H38B2O6. The molecular weight excluding hydrogens is 334 g/mol. The molecule has 2 aliphatic heterocycles. The highest BCUT2D eigenvalue weighted by Crippen LogP contribution is 2.37. The maximum atomic E-state index is 5.63. The molecule has 0 N–H and O–H groups in total. The van der Waals surface area contributed by atoms with Gasteiger partial charge in [0.1, 0.15) is 0 Å². The SMILES string of the molecule is CC(C)OB1OC(C)(C)C(C)(C)O1.CCCOB1OC(C)(C)C(C)(C)O1. The van der Waals surface area contributed by atoms with Crippen LogP contribution in [0.5, 0.6) is 0 Å². The Balaban J connectivity index is 0.000000260. The highest BCUT2D eigenvalue weighted by Gasteiger charge is 2.53. The third kappa shape index (κ3) is 5.94. The quantitative estimate of drug-likeness (QED) is 0.680. The van der Waals surface area contributed by atoms with Gasteiger partial charge in [-0.1, -0.05) is 6.92 Å². The molecule has 0 spiro atoms. The van der Waals surface area contributed by atoms with E-state index in [-0.39, 0.29) is 28.5 Å². The average molecular weight is 372 g/mol. The Kier molecular flexibility index (Phi) is 7.82. The summed E-state index contributed by atoms with van der Waals surface area (Å²) in [5.74, 6) is 0. The first kappa shape index (κ1) is 23.9. The Morgan fingerprint density at radius 1 is 0.692 bits per heavy atom. The lowest BCUT2D eigenvalue weighted by Crippen LogP contribution is -2.41. The first-order valence-electron chi connectivity index (χ1n) is 9.62. The van der Waals surface area contributed by atoms with E-state index < -0.39 is 14.6 Å². The Labute approximate surface area is 160 Å². The molecule has 0 radical (unpaired) electrons. The number of hydrogen-bond donors (Lipinski definition) is 0. The molecule has 0 atom stereocenters. The van der Waals surface area contributed by atoms with Crippen LogP contribution in [-0.2, 0) is 27.9 Å². The molecule has 2 heterocycles. The summed E-state index contributed by atoms with van der Waals surface area (Å²) in [4.78, 5) is 0. The van der Waals surface area contributed by atoms with Gasteiger partial charge in [0, 0.05) is 12.7 Å². The van der Waals surface area contributed by atoms with Crippen molar-refractivity contribution in [3.05, 3.63) is 0 Å². The second-order valence-electron chi connectivity index (χ2n) is 9.15. The summed E-state index contributed by atoms with van der Waals surface area (Å²) in [6.07, 6.45) is 1.10. The molecule has 152 valence electrons. The molecule has 0 amide bonds. The standard InChI is InChI=1S/2C9H19BO3/c1-7(2)11-10-12-8(3,4)9(5,6)13-10;1-6-7-11-10-12-8(2,3)9(4,5)13-10/h7H,1-6H3;6-7H2,1-5H3. The highest BCUT2D eigenvalue weighted by atomic mass is 16.8. The third-order valence-electron chi connectivity index (χ3n) is 5.30. The van der Waals surface area contributed by atoms with E-state index in [0.717, 1.165) is 6.42 Å². The Morgan fingerprint density at radius 2 is 1.04 bits per heavy atom. The number of rotatable bonds is 5. The van der Waals surface area contributed by atoms with Gasteiger partial charge in [-0.15, -0.1) is 0 Å². The molecule has 0 saturated carbocycles. The molecule has 2 aliphatic rings. The molecule has 0 aliphatic carbocycles. The van der Waals surface area contributed by atoms with Crippen LogP contribution in [0.25, 0.3) is 0 Å². The van der Waals surface area contributed by atoms with Crippen LogP contribution < -0.4 is 0 Å². The summed E-state index contributed by atoms with van der Waals surface area (Å²) in [7, 11) is -1.02. The predicted octanol–water partition coefficient (Wildman–Crippen LogP) is 4.00. The van der Waals surface area contributed by atoms with Gasteiger partial charge in [0.2, 0.25) is 0 Å². The van der Waals surface area contributed by atoms with Gasteiger partial charge in [-0.25, -0.2) is 0 Å². The van der Waals surface area contributed by atoms with Crippen LogP contribution in [0.2, 0.25) is 0 Å². The van der Waals surface area contributed by atoms with Crippen LogP contribution in [0.15, 0.2) is 0 Å². The van der Waals surface area contributed by atoms with Gasteiger partial charge in [0.15, 0.2) is 0 Å². The Morgan fingerprint density at radius 3 is 1.35 bits per heavy atom. The van der Waals surface area contributed by atoms with Crippen LogP contribution in [0.3, 0.4) is 0 Å². The van der Waals surface area contributed by atoms with E-state index in [2.05, 4.69) is 6.92 Å². The van der Waals surface area contributed by atoms with Gasteiger partial charge < -0.3 is 27.9 Å². The van der Waals surface area contributed by atoms with Gasteiger partial charge in [-0.3, -0.25) is 0 Å². The Bertz CT molecular complexity index is 419. The van der Waals surface area contributed by atoms with Gasteiger partial charge in [0.05, 0.1) is 22.4 Å². The van der Waals surface area contributed by atoms with Crippen molar-refractivity contribution in [2.24, 2.45) is 0 Å². The zero-order valence-electron chi connectivity index (χ0n) is 18.6. The monoisotopic (exact) mass is 372 g/mol. The molecule has 0 bridgehead atoms. The minimum absolute atomic E-state index is 0.120. The van der Waals surface area contributed by atoms with Crippen molar-refractivity contribution in [2.75, 3.05) is 6.61 Å². The van der Waals surface area contributed by atoms with Crippen molar-refractivity contribution in [3.63, 3.8) is 0 Å². The fourth-order valence-electron chi connectivity index (χ4n) is 2.14. The van der Waals surface area contributed by atoms with Crippen LogP contribution in [0.1, 0.15) is 82.6 Å². The molecule has 0 unspecified atom stereocenters. The van der Waals surface area contributed by atoms with Crippen LogP contribution in [0, 0.1) is 0 Å². The predicted molar refractivity (Wildman–Crippen MR) is 105 cm³/mol. The van der Waals surface area contributed by atoms with Gasteiger partial charge in [-0.2, -0.15) is 0 Å². The van der Waals surface area contributed by atoms with E-state index in [1.165, 1.54) is 0 Å². The lowest BCUT2D eigenvalue weighted by molar-refractivity contribution is 0.00578. The summed E-state index contributed by atoms with van der Waals surface area (Å²) in [6, 6.07) is 0. The minimum Gasteiger partial charge on any atom is -0.386 e. The number of hydrogen-bond acceptors (Lipinski definition) is 6. The topological polar surface area (TPSA) is 55.4 Å². The minimum atomic E-state index is -0.523. The molecule has 0 aromatic heterocycles. The van der Waals surface area contributed by atoms with E-state index in [0.29, 0.717) is 6.61 Å². The van der Waals surface area contributed by atoms with Gasteiger partial charge in [-0.05, 0) is 75.7 Å². The maximum Gasteiger partial charge on any atom is 0.640 e. The zero-order chi connectivity index (χ0) is 20.4. The summed E-state index contributed by atoms with van der Waals surface area (Å²) < 4.78 is 33.3. The lowest BCUT2D eigenvalue weighted by Gasteiger charge is -2.31. The van der Waals surface area contributed by atoms with E-state index in [4.69, 9.17) is 27.9 Å². The molecule has 2 fully saturated rings. The first-order chi connectivity index (χ1) is 11.6. The molecule has 2 saturated heterocycles. The molecule has 26 heavy (non-hydrogen) atoms. The van der Waals surface area contributed by atoms with Gasteiger partial charge in [0.25, 0.3) is 0 Å². The molecule has 2 rings (SSSR count). The van der Waals surface area contributed by atoms with Crippen molar-refractivity contribution in [1.29, 1.82) is 0 Å². The normalized spacial score (nSPS) is 25.4. The second-order valence-corrected chi connectivity index (χ2v) is 9.15. The van der Waals surface area contributed by atoms with Gasteiger partial charge >= 0.3 is 14.6 Å².